The fraction of sp³-hybridized carbons (Fsp3) is 0.133. The van der Waals surface area contributed by atoms with Gasteiger partial charge in [-0.15, -0.1) is 0 Å². The Bertz CT molecular complexity index is 633. The van der Waals surface area contributed by atoms with Gasteiger partial charge >= 0.3 is 0 Å². The first-order valence-electron chi connectivity index (χ1n) is 5.97. The van der Waals surface area contributed by atoms with Gasteiger partial charge in [-0.3, -0.25) is 0 Å². The lowest BCUT2D eigenvalue weighted by Gasteiger charge is -2.10. The largest absolute Gasteiger partial charge is 0.389 e. The van der Waals surface area contributed by atoms with Crippen LogP contribution in [-0.4, -0.2) is 4.99 Å². The van der Waals surface area contributed by atoms with Crippen molar-refractivity contribution in [3.63, 3.8) is 0 Å². The van der Waals surface area contributed by atoms with Crippen molar-refractivity contribution >= 4 is 28.8 Å². The van der Waals surface area contributed by atoms with Gasteiger partial charge in [0.25, 0.3) is 0 Å². The Kier molecular flexibility index (Phi) is 5.06. The zero-order chi connectivity index (χ0) is 14.5. The second kappa shape index (κ2) is 6.79. The Morgan fingerprint density at radius 1 is 1.15 bits per heavy atom. The van der Waals surface area contributed by atoms with Gasteiger partial charge in [0, 0.05) is 10.6 Å². The normalized spacial score (nSPS) is 10.5. The van der Waals surface area contributed by atoms with Crippen molar-refractivity contribution < 1.29 is 9.13 Å². The molecule has 104 valence electrons. The van der Waals surface area contributed by atoms with E-state index < -0.39 is 0 Å². The molecule has 2 rings (SSSR count). The maximum atomic E-state index is 13.3. The molecule has 2 aromatic rings. The molecular weight excluding hydrogens is 297 g/mol. The molecule has 0 aliphatic heterocycles. The van der Waals surface area contributed by atoms with E-state index in [1.807, 2.05) is 18.2 Å². The summed E-state index contributed by atoms with van der Waals surface area (Å²) in [5.74, 6) is -0.346. The molecule has 0 fully saturated rings. The van der Waals surface area contributed by atoms with Crippen molar-refractivity contribution in [2.75, 3.05) is 0 Å². The molecule has 0 aliphatic rings. The molecule has 0 radical (unpaired) electrons. The fourth-order valence-corrected chi connectivity index (χ4v) is 2.20. The first-order chi connectivity index (χ1) is 9.58. The molecule has 0 heterocycles. The van der Waals surface area contributed by atoms with Gasteiger partial charge in [-0.2, -0.15) is 0 Å². The lowest BCUT2D eigenvalue weighted by molar-refractivity contribution is 0.107. The van der Waals surface area contributed by atoms with Crippen LogP contribution in [0.1, 0.15) is 16.7 Å². The summed E-state index contributed by atoms with van der Waals surface area (Å²) in [6.07, 6.45) is 0. The monoisotopic (exact) mass is 309 g/mol. The van der Waals surface area contributed by atoms with E-state index in [0.717, 1.165) is 5.56 Å². The number of hydrogen-bond acceptors (Lipinski definition) is 2. The molecule has 0 saturated heterocycles. The topological polar surface area (TPSA) is 35.2 Å². The van der Waals surface area contributed by atoms with Crippen LogP contribution in [0.15, 0.2) is 42.5 Å². The number of nitrogens with two attached hydrogens (primary N) is 1. The molecule has 20 heavy (non-hydrogen) atoms. The highest BCUT2D eigenvalue weighted by Crippen LogP contribution is 2.18. The molecule has 0 amide bonds. The molecule has 0 aromatic heterocycles. The molecule has 0 bridgehead atoms. The van der Waals surface area contributed by atoms with Crippen LogP contribution in [0, 0.1) is 5.82 Å². The molecule has 0 saturated carbocycles. The van der Waals surface area contributed by atoms with Gasteiger partial charge in [-0.05, 0) is 35.4 Å². The average molecular weight is 310 g/mol. The van der Waals surface area contributed by atoms with Crippen LogP contribution in [0.4, 0.5) is 4.39 Å². The minimum atomic E-state index is -0.346. The van der Waals surface area contributed by atoms with Crippen molar-refractivity contribution in [2.24, 2.45) is 5.73 Å². The predicted octanol–water partition coefficient (Wildman–Crippen LogP) is 3.83. The quantitative estimate of drug-likeness (QED) is 0.853. The molecule has 2 aromatic carbocycles. The van der Waals surface area contributed by atoms with Gasteiger partial charge in [0.05, 0.1) is 13.2 Å². The van der Waals surface area contributed by atoms with Gasteiger partial charge in [0.2, 0.25) is 0 Å². The number of rotatable bonds is 5. The Balaban J connectivity index is 2.06. The van der Waals surface area contributed by atoms with Gasteiger partial charge in [0.15, 0.2) is 0 Å². The summed E-state index contributed by atoms with van der Waals surface area (Å²) in [7, 11) is 0. The van der Waals surface area contributed by atoms with E-state index in [2.05, 4.69) is 0 Å². The molecule has 5 heteroatoms. The SMILES string of the molecule is NC(=S)c1ccc(F)cc1COCc1ccccc1Cl. The summed E-state index contributed by atoms with van der Waals surface area (Å²) in [4.78, 5) is 0.223. The van der Waals surface area contributed by atoms with Crippen molar-refractivity contribution in [1.82, 2.24) is 0 Å². The first-order valence-corrected chi connectivity index (χ1v) is 6.76. The average Bonchev–Trinajstić information content (AvgIpc) is 2.41. The lowest BCUT2D eigenvalue weighted by atomic mass is 10.1. The van der Waals surface area contributed by atoms with E-state index in [9.17, 15) is 4.39 Å². The van der Waals surface area contributed by atoms with Gasteiger partial charge in [0.1, 0.15) is 10.8 Å². The molecule has 0 aliphatic carbocycles. The smallest absolute Gasteiger partial charge is 0.123 e. The van der Waals surface area contributed by atoms with Crippen LogP contribution in [0.2, 0.25) is 5.02 Å². The molecule has 0 unspecified atom stereocenters. The third kappa shape index (κ3) is 3.76. The van der Waals surface area contributed by atoms with Crippen molar-refractivity contribution in [3.05, 3.63) is 70.0 Å². The van der Waals surface area contributed by atoms with Crippen LogP contribution >= 0.6 is 23.8 Å². The highest BCUT2D eigenvalue weighted by atomic mass is 35.5. The highest BCUT2D eigenvalue weighted by Gasteiger charge is 2.07. The van der Waals surface area contributed by atoms with Crippen molar-refractivity contribution in [3.8, 4) is 0 Å². The van der Waals surface area contributed by atoms with Crippen molar-refractivity contribution in [1.29, 1.82) is 0 Å². The van der Waals surface area contributed by atoms with Crippen LogP contribution < -0.4 is 5.73 Å². The Morgan fingerprint density at radius 2 is 1.85 bits per heavy atom. The van der Waals surface area contributed by atoms with E-state index in [1.165, 1.54) is 12.1 Å². The maximum absolute atomic E-state index is 13.3. The first kappa shape index (κ1) is 14.9. The minimum absolute atomic E-state index is 0.218. The number of thiocarbonyl (C=S) groups is 1. The van der Waals surface area contributed by atoms with Crippen LogP contribution in [0.5, 0.6) is 0 Å². The predicted molar refractivity (Wildman–Crippen MR) is 82.2 cm³/mol. The third-order valence-electron chi connectivity index (χ3n) is 2.81. The number of hydrogen-bond donors (Lipinski definition) is 1. The Morgan fingerprint density at radius 3 is 2.55 bits per heavy atom. The second-order valence-corrected chi connectivity index (χ2v) is 5.10. The van der Waals surface area contributed by atoms with Crippen LogP contribution in [-0.2, 0) is 18.0 Å². The highest BCUT2D eigenvalue weighted by molar-refractivity contribution is 7.80. The zero-order valence-electron chi connectivity index (χ0n) is 10.6. The van der Waals surface area contributed by atoms with Gasteiger partial charge in [-0.1, -0.05) is 42.0 Å². The fourth-order valence-electron chi connectivity index (χ4n) is 1.81. The summed E-state index contributed by atoms with van der Waals surface area (Å²) < 4.78 is 18.8. The molecule has 0 atom stereocenters. The second-order valence-electron chi connectivity index (χ2n) is 4.25. The Labute approximate surface area is 127 Å². The van der Waals surface area contributed by atoms with E-state index >= 15 is 0 Å². The van der Waals surface area contributed by atoms with Crippen molar-refractivity contribution in [2.45, 2.75) is 13.2 Å². The number of benzene rings is 2. The summed E-state index contributed by atoms with van der Waals surface area (Å²) >= 11 is 11.0. The summed E-state index contributed by atoms with van der Waals surface area (Å²) in [5.41, 5.74) is 7.74. The molecular formula is C15H13ClFNOS. The van der Waals surface area contributed by atoms with Gasteiger partial charge in [-0.25, -0.2) is 4.39 Å². The number of halogens is 2. The molecule has 2 nitrogen and oxygen atoms in total. The van der Waals surface area contributed by atoms with E-state index in [0.29, 0.717) is 22.8 Å². The Hall–Kier alpha value is -1.49. The molecule has 2 N–H and O–H groups in total. The maximum Gasteiger partial charge on any atom is 0.123 e. The van der Waals surface area contributed by atoms with Crippen LogP contribution in [0.25, 0.3) is 0 Å². The standard InChI is InChI=1S/C15H13ClFNOS/c16-14-4-2-1-3-10(14)8-19-9-11-7-12(17)5-6-13(11)15(18)20/h1-7H,8-9H2,(H2,18,20). The van der Waals surface area contributed by atoms with Gasteiger partial charge < -0.3 is 10.5 Å². The van der Waals surface area contributed by atoms with E-state index in [-0.39, 0.29) is 17.4 Å². The summed E-state index contributed by atoms with van der Waals surface area (Å²) in [6, 6.07) is 11.7. The zero-order valence-corrected chi connectivity index (χ0v) is 12.2. The van der Waals surface area contributed by atoms with E-state index in [4.69, 9.17) is 34.3 Å². The van der Waals surface area contributed by atoms with Crippen LogP contribution in [0.3, 0.4) is 0 Å². The molecule has 0 spiro atoms. The minimum Gasteiger partial charge on any atom is -0.389 e. The third-order valence-corrected chi connectivity index (χ3v) is 3.39. The van der Waals surface area contributed by atoms with E-state index in [1.54, 1.807) is 12.1 Å². The summed E-state index contributed by atoms with van der Waals surface area (Å²) in [5, 5.41) is 0.640. The lowest BCUT2D eigenvalue weighted by Crippen LogP contribution is -2.13. The summed E-state index contributed by atoms with van der Waals surface area (Å²) in [6.45, 7) is 0.558. The number of ether oxygens (including phenoxy) is 1.